The summed E-state index contributed by atoms with van der Waals surface area (Å²) in [5.74, 6) is -4.56. The maximum atomic E-state index is 12.5. The van der Waals surface area contributed by atoms with Crippen LogP contribution in [0.5, 0.6) is 0 Å². The van der Waals surface area contributed by atoms with E-state index in [-0.39, 0.29) is 11.5 Å². The molecule has 2 bridgehead atoms. The minimum absolute atomic E-state index is 0.233. The Labute approximate surface area is 154 Å². The number of amides is 3. The van der Waals surface area contributed by atoms with Crippen LogP contribution < -0.4 is 16.2 Å². The van der Waals surface area contributed by atoms with Crippen LogP contribution in [0.4, 0.5) is 5.69 Å². The Kier molecular flexibility index (Phi) is 4.71. The molecule has 2 aliphatic rings. The van der Waals surface area contributed by atoms with Crippen LogP contribution in [0.2, 0.25) is 0 Å². The molecule has 3 rings (SSSR count). The lowest BCUT2D eigenvalue weighted by Crippen LogP contribution is -2.52. The van der Waals surface area contributed by atoms with Gasteiger partial charge in [-0.2, -0.15) is 0 Å². The summed E-state index contributed by atoms with van der Waals surface area (Å²) in [4.78, 5) is 47.2. The Morgan fingerprint density at radius 1 is 1.11 bits per heavy atom. The summed E-state index contributed by atoms with van der Waals surface area (Å²) < 4.78 is 5.60. The van der Waals surface area contributed by atoms with Gasteiger partial charge in [0.1, 0.15) is 5.92 Å². The van der Waals surface area contributed by atoms with Crippen molar-refractivity contribution in [2.45, 2.75) is 25.6 Å². The number of aliphatic carboxylic acids is 1. The number of carbonyl (C=O) groups is 4. The molecule has 0 saturated carbocycles. The minimum Gasteiger partial charge on any atom is -0.481 e. The van der Waals surface area contributed by atoms with Crippen molar-refractivity contribution in [2.24, 2.45) is 11.8 Å². The molecule has 4 atom stereocenters. The van der Waals surface area contributed by atoms with Crippen LogP contribution in [0.25, 0.3) is 0 Å². The quantitative estimate of drug-likeness (QED) is 0.447. The second-order valence-corrected chi connectivity index (χ2v) is 6.67. The van der Waals surface area contributed by atoms with Crippen molar-refractivity contribution in [3.63, 3.8) is 0 Å². The Morgan fingerprint density at radius 2 is 1.78 bits per heavy atom. The molecule has 1 aromatic carbocycles. The smallest absolute Gasteiger partial charge is 0.310 e. The van der Waals surface area contributed by atoms with Gasteiger partial charge in [0.25, 0.3) is 5.91 Å². The van der Waals surface area contributed by atoms with Crippen LogP contribution in [0.1, 0.15) is 24.2 Å². The van der Waals surface area contributed by atoms with Crippen LogP contribution in [0, 0.1) is 11.8 Å². The van der Waals surface area contributed by atoms with Crippen molar-refractivity contribution in [2.75, 3.05) is 5.32 Å². The van der Waals surface area contributed by atoms with Gasteiger partial charge in [0.05, 0.1) is 17.6 Å². The molecular weight excluding hydrogens is 354 g/mol. The van der Waals surface area contributed by atoms with E-state index >= 15 is 0 Å². The fourth-order valence-corrected chi connectivity index (χ4v) is 3.46. The predicted octanol–water partition coefficient (Wildman–Crippen LogP) is 0.450. The van der Waals surface area contributed by atoms with Gasteiger partial charge in [-0.15, -0.1) is 0 Å². The van der Waals surface area contributed by atoms with Crippen molar-refractivity contribution in [3.05, 3.63) is 42.0 Å². The van der Waals surface area contributed by atoms with E-state index in [2.05, 4.69) is 16.2 Å². The van der Waals surface area contributed by atoms with Crippen molar-refractivity contribution >= 4 is 29.4 Å². The standard InChI is InChI=1S/C18H19N3O6/c1-9(22)19-11-5-3-10(4-6-11)15(23)20-21-16(24)14-13(17(25)26)12-7-8-18(14,2)27-12/h3-8,12-14H,1-2H3,(H,19,22)(H,20,23)(H,21,24)(H,25,26)/t12-,13+,14+,18-/m1/s1. The van der Waals surface area contributed by atoms with Crippen molar-refractivity contribution in [3.8, 4) is 0 Å². The van der Waals surface area contributed by atoms with Crippen LogP contribution in [0.15, 0.2) is 36.4 Å². The van der Waals surface area contributed by atoms with Gasteiger partial charge in [0.2, 0.25) is 11.8 Å². The minimum atomic E-state index is -1.13. The Balaban J connectivity index is 1.63. The number of ether oxygens (including phenoxy) is 1. The van der Waals surface area contributed by atoms with Crippen molar-refractivity contribution in [1.29, 1.82) is 0 Å². The monoisotopic (exact) mass is 373 g/mol. The second kappa shape index (κ2) is 6.84. The van der Waals surface area contributed by atoms with E-state index < -0.39 is 41.3 Å². The predicted molar refractivity (Wildman–Crippen MR) is 93.4 cm³/mol. The number of benzene rings is 1. The van der Waals surface area contributed by atoms with Crippen LogP contribution >= 0.6 is 0 Å². The van der Waals surface area contributed by atoms with E-state index in [0.29, 0.717) is 5.69 Å². The van der Waals surface area contributed by atoms with Gasteiger partial charge >= 0.3 is 5.97 Å². The first kappa shape index (κ1) is 18.6. The SMILES string of the molecule is CC(=O)Nc1ccc(C(=O)NNC(=O)[C@@H]2[C@@H](C(=O)O)[C@H]3C=C[C@@]2(C)O3)cc1. The highest BCUT2D eigenvalue weighted by Gasteiger charge is 2.59. The molecule has 0 unspecified atom stereocenters. The molecule has 1 fully saturated rings. The Morgan fingerprint density at radius 3 is 2.37 bits per heavy atom. The van der Waals surface area contributed by atoms with Crippen LogP contribution in [-0.2, 0) is 19.1 Å². The third kappa shape index (κ3) is 3.54. The van der Waals surface area contributed by atoms with E-state index in [1.807, 2.05) is 0 Å². The molecule has 0 spiro atoms. The number of carboxylic acids is 1. The van der Waals surface area contributed by atoms with Crippen molar-refractivity contribution in [1.82, 2.24) is 10.9 Å². The van der Waals surface area contributed by atoms with Gasteiger partial charge < -0.3 is 15.2 Å². The lowest BCUT2D eigenvalue weighted by molar-refractivity contribution is -0.147. The molecule has 4 N–H and O–H groups in total. The topological polar surface area (TPSA) is 134 Å². The summed E-state index contributed by atoms with van der Waals surface area (Å²) in [7, 11) is 0. The first-order valence-electron chi connectivity index (χ1n) is 8.29. The first-order chi connectivity index (χ1) is 12.7. The van der Waals surface area contributed by atoms with Gasteiger partial charge in [-0.25, -0.2) is 0 Å². The average molecular weight is 373 g/mol. The molecule has 2 heterocycles. The lowest BCUT2D eigenvalue weighted by atomic mass is 9.76. The van der Waals surface area contributed by atoms with Crippen molar-refractivity contribution < 1.29 is 29.0 Å². The highest BCUT2D eigenvalue weighted by atomic mass is 16.5. The highest BCUT2D eigenvalue weighted by molar-refractivity contribution is 5.97. The number of hydrogen-bond acceptors (Lipinski definition) is 5. The summed E-state index contributed by atoms with van der Waals surface area (Å²) in [6.07, 6.45) is 2.64. The summed E-state index contributed by atoms with van der Waals surface area (Å²) >= 11 is 0. The normalized spacial score (nSPS) is 27.9. The van der Waals surface area contributed by atoms with E-state index in [9.17, 15) is 24.3 Å². The van der Waals surface area contributed by atoms with E-state index in [1.54, 1.807) is 31.2 Å². The van der Waals surface area contributed by atoms with Gasteiger partial charge in [0.15, 0.2) is 0 Å². The van der Waals surface area contributed by atoms with E-state index in [4.69, 9.17) is 4.74 Å². The number of rotatable bonds is 4. The molecular formula is C18H19N3O6. The van der Waals surface area contributed by atoms with Gasteiger partial charge in [-0.05, 0) is 31.2 Å². The fourth-order valence-electron chi connectivity index (χ4n) is 3.46. The van der Waals surface area contributed by atoms with Gasteiger partial charge in [-0.3, -0.25) is 30.0 Å². The summed E-state index contributed by atoms with van der Waals surface area (Å²) in [6, 6.07) is 6.07. The van der Waals surface area contributed by atoms with Crippen LogP contribution in [-0.4, -0.2) is 40.5 Å². The molecule has 0 radical (unpaired) electrons. The zero-order valence-corrected chi connectivity index (χ0v) is 14.7. The average Bonchev–Trinajstić information content (AvgIpc) is 3.13. The number of carbonyl (C=O) groups excluding carboxylic acids is 3. The first-order valence-corrected chi connectivity index (χ1v) is 8.29. The highest BCUT2D eigenvalue weighted by Crippen LogP contribution is 2.46. The molecule has 9 nitrogen and oxygen atoms in total. The Bertz CT molecular complexity index is 834. The molecule has 0 aromatic heterocycles. The molecule has 2 aliphatic heterocycles. The Hall–Kier alpha value is -3.20. The fraction of sp³-hybridized carbons (Fsp3) is 0.333. The largest absolute Gasteiger partial charge is 0.481 e. The number of anilines is 1. The summed E-state index contributed by atoms with van der Waals surface area (Å²) in [5.41, 5.74) is 4.32. The number of nitrogens with one attached hydrogen (secondary N) is 3. The van der Waals surface area contributed by atoms with Crippen LogP contribution in [0.3, 0.4) is 0 Å². The van der Waals surface area contributed by atoms with E-state index in [1.165, 1.54) is 19.1 Å². The zero-order chi connectivity index (χ0) is 19.8. The molecule has 9 heteroatoms. The second-order valence-electron chi connectivity index (χ2n) is 6.67. The van der Waals surface area contributed by atoms with E-state index in [0.717, 1.165) is 0 Å². The number of hydrogen-bond donors (Lipinski definition) is 4. The maximum absolute atomic E-state index is 12.5. The third-order valence-electron chi connectivity index (χ3n) is 4.67. The van der Waals surface area contributed by atoms with Gasteiger partial charge in [-0.1, -0.05) is 12.2 Å². The molecule has 1 saturated heterocycles. The zero-order valence-electron chi connectivity index (χ0n) is 14.7. The molecule has 1 aromatic rings. The number of carboxylic acid groups (broad SMARTS) is 1. The summed E-state index contributed by atoms with van der Waals surface area (Å²) in [6.45, 7) is 3.01. The maximum Gasteiger partial charge on any atom is 0.310 e. The third-order valence-corrected chi connectivity index (χ3v) is 4.67. The summed E-state index contributed by atoms with van der Waals surface area (Å²) in [5, 5.41) is 12.0. The van der Waals surface area contributed by atoms with Gasteiger partial charge in [0, 0.05) is 18.2 Å². The molecule has 3 amide bonds. The molecule has 0 aliphatic carbocycles. The number of hydrazine groups is 1. The number of fused-ring (bicyclic) bond motifs is 2. The lowest BCUT2D eigenvalue weighted by Gasteiger charge is -2.27. The molecule has 27 heavy (non-hydrogen) atoms. The molecule has 142 valence electrons.